The minimum Gasteiger partial charge on any atom is -0.395 e. The lowest BCUT2D eigenvalue weighted by molar-refractivity contribution is 0.0946. The molecular weight excluding hydrogens is 406 g/mol. The molecule has 4 aromatic rings. The first-order chi connectivity index (χ1) is 15.6. The summed E-state index contributed by atoms with van der Waals surface area (Å²) in [5, 5.41) is 13.5. The number of hydrogen-bond donors (Lipinski definition) is 3. The normalized spacial score (nSPS) is 16.7. The number of fused-ring (bicyclic) bond motifs is 2. The van der Waals surface area contributed by atoms with Gasteiger partial charge in [-0.3, -0.25) is 18.9 Å². The van der Waals surface area contributed by atoms with Crippen molar-refractivity contribution in [3.05, 3.63) is 82.0 Å². The molecular formula is C24H25N5O3. The van der Waals surface area contributed by atoms with E-state index in [9.17, 15) is 14.7 Å². The third-order valence-corrected chi connectivity index (χ3v) is 6.08. The van der Waals surface area contributed by atoms with Crippen LogP contribution in [0.25, 0.3) is 16.6 Å². The average molecular weight is 431 g/mol. The maximum Gasteiger partial charge on any atom is 0.270 e. The van der Waals surface area contributed by atoms with Crippen molar-refractivity contribution in [3.63, 3.8) is 0 Å². The molecule has 1 aromatic carbocycles. The number of carbonyl (C=O) groups excluding carboxylic acids is 1. The van der Waals surface area contributed by atoms with Crippen LogP contribution in [0, 0.1) is 0 Å². The second-order valence-electron chi connectivity index (χ2n) is 8.26. The van der Waals surface area contributed by atoms with Gasteiger partial charge in [-0.1, -0.05) is 18.2 Å². The van der Waals surface area contributed by atoms with Gasteiger partial charge in [0.05, 0.1) is 6.61 Å². The highest BCUT2D eigenvalue weighted by molar-refractivity contribution is 5.92. The van der Waals surface area contributed by atoms with Crippen LogP contribution >= 0.6 is 0 Å². The standard InChI is InChI=1S/C24H25N5O3/c30-15-19-4-3-8-28(19)14-18-11-17-7-6-16(10-20(17)26-18)13-25-24(32)21-12-23(31)29-9-2-1-5-22(29)27-21/h1-2,5-7,9-12,19,26,30H,3-4,8,13-15H2,(H,25,32). The van der Waals surface area contributed by atoms with E-state index in [0.717, 1.165) is 48.1 Å². The molecule has 0 radical (unpaired) electrons. The zero-order valence-electron chi connectivity index (χ0n) is 17.6. The summed E-state index contributed by atoms with van der Waals surface area (Å²) in [7, 11) is 0. The molecule has 1 atom stereocenters. The maximum absolute atomic E-state index is 12.6. The van der Waals surface area contributed by atoms with Crippen LogP contribution in [0.1, 0.15) is 34.6 Å². The second-order valence-corrected chi connectivity index (χ2v) is 8.26. The van der Waals surface area contributed by atoms with Crippen LogP contribution in [0.5, 0.6) is 0 Å². The van der Waals surface area contributed by atoms with Crippen molar-refractivity contribution >= 4 is 22.5 Å². The number of aromatic nitrogens is 3. The third kappa shape index (κ3) is 4.02. The summed E-state index contributed by atoms with van der Waals surface area (Å²) < 4.78 is 1.40. The number of likely N-dealkylation sites (tertiary alicyclic amines) is 1. The number of aliphatic hydroxyl groups excluding tert-OH is 1. The number of rotatable bonds is 6. The molecule has 1 aliphatic heterocycles. The van der Waals surface area contributed by atoms with Gasteiger partial charge in [-0.15, -0.1) is 0 Å². The summed E-state index contributed by atoms with van der Waals surface area (Å²) in [6, 6.07) is 14.9. The van der Waals surface area contributed by atoms with Crippen molar-refractivity contribution in [3.8, 4) is 0 Å². The zero-order valence-corrected chi connectivity index (χ0v) is 17.6. The van der Waals surface area contributed by atoms with E-state index in [1.807, 2.05) is 18.2 Å². The van der Waals surface area contributed by atoms with Crippen LogP contribution in [0.15, 0.2) is 59.5 Å². The fraction of sp³-hybridized carbons (Fsp3) is 0.292. The number of hydrogen-bond acceptors (Lipinski definition) is 5. The van der Waals surface area contributed by atoms with Crippen LogP contribution in [-0.4, -0.2) is 49.5 Å². The molecule has 1 amide bonds. The van der Waals surface area contributed by atoms with E-state index in [4.69, 9.17) is 0 Å². The van der Waals surface area contributed by atoms with Gasteiger partial charge in [0.25, 0.3) is 11.5 Å². The van der Waals surface area contributed by atoms with Gasteiger partial charge in [0.1, 0.15) is 11.3 Å². The monoisotopic (exact) mass is 431 g/mol. The van der Waals surface area contributed by atoms with Crippen LogP contribution < -0.4 is 10.9 Å². The molecule has 5 rings (SSSR count). The number of aromatic amines is 1. The van der Waals surface area contributed by atoms with Gasteiger partial charge in [0.2, 0.25) is 0 Å². The molecule has 3 aromatic heterocycles. The van der Waals surface area contributed by atoms with Gasteiger partial charge < -0.3 is 15.4 Å². The van der Waals surface area contributed by atoms with E-state index in [1.165, 1.54) is 10.5 Å². The van der Waals surface area contributed by atoms with Crippen LogP contribution in [0.2, 0.25) is 0 Å². The van der Waals surface area contributed by atoms with E-state index >= 15 is 0 Å². The van der Waals surface area contributed by atoms with Gasteiger partial charge in [0, 0.05) is 42.6 Å². The Morgan fingerprint density at radius 1 is 1.22 bits per heavy atom. The van der Waals surface area contributed by atoms with Crippen molar-refractivity contribution < 1.29 is 9.90 Å². The minimum atomic E-state index is -0.384. The number of H-pyrrole nitrogens is 1. The lowest BCUT2D eigenvalue weighted by atomic mass is 10.1. The number of pyridine rings is 1. The molecule has 0 saturated carbocycles. The number of aliphatic hydroxyl groups is 1. The Morgan fingerprint density at radius 2 is 2.12 bits per heavy atom. The lowest BCUT2D eigenvalue weighted by Crippen LogP contribution is -2.31. The van der Waals surface area contributed by atoms with E-state index in [0.29, 0.717) is 12.2 Å². The summed E-state index contributed by atoms with van der Waals surface area (Å²) in [6.07, 6.45) is 3.78. The number of amides is 1. The Labute approximate surface area is 184 Å². The van der Waals surface area contributed by atoms with Crippen LogP contribution in [0.3, 0.4) is 0 Å². The zero-order chi connectivity index (χ0) is 22.1. The summed E-state index contributed by atoms with van der Waals surface area (Å²) >= 11 is 0. The first-order valence-corrected chi connectivity index (χ1v) is 10.8. The van der Waals surface area contributed by atoms with Crippen LogP contribution in [0.4, 0.5) is 0 Å². The molecule has 0 bridgehead atoms. The summed E-state index contributed by atoms with van der Waals surface area (Å²) in [6.45, 7) is 2.32. The van der Waals surface area contributed by atoms with E-state index in [2.05, 4.69) is 26.3 Å². The summed E-state index contributed by atoms with van der Waals surface area (Å²) in [5.74, 6) is -0.384. The summed E-state index contributed by atoms with van der Waals surface area (Å²) in [4.78, 5) is 34.8. The number of benzene rings is 1. The van der Waals surface area contributed by atoms with Gasteiger partial charge in [-0.25, -0.2) is 4.98 Å². The van der Waals surface area contributed by atoms with Crippen molar-refractivity contribution in [2.45, 2.75) is 32.0 Å². The topological polar surface area (TPSA) is 103 Å². The van der Waals surface area contributed by atoms with E-state index < -0.39 is 0 Å². The molecule has 32 heavy (non-hydrogen) atoms. The van der Waals surface area contributed by atoms with E-state index in [1.54, 1.807) is 24.4 Å². The Bertz CT molecular complexity index is 1340. The Kier molecular flexibility index (Phi) is 5.46. The predicted molar refractivity (Wildman–Crippen MR) is 121 cm³/mol. The molecule has 1 unspecified atom stereocenters. The Balaban J connectivity index is 1.28. The highest BCUT2D eigenvalue weighted by Gasteiger charge is 2.24. The SMILES string of the molecule is O=C(NCc1ccc2cc(CN3CCCC3CO)[nH]c2c1)c1cc(=O)n2ccccc2n1. The first-order valence-electron chi connectivity index (χ1n) is 10.8. The van der Waals surface area contributed by atoms with Crippen molar-refractivity contribution in [2.75, 3.05) is 13.2 Å². The van der Waals surface area contributed by atoms with Crippen LogP contribution in [-0.2, 0) is 13.1 Å². The molecule has 0 spiro atoms. The molecule has 3 N–H and O–H groups in total. The summed E-state index contributed by atoms with van der Waals surface area (Å²) in [5.41, 5.74) is 3.32. The predicted octanol–water partition coefficient (Wildman–Crippen LogP) is 2.06. The minimum absolute atomic E-state index is 0.105. The van der Waals surface area contributed by atoms with Gasteiger partial charge >= 0.3 is 0 Å². The highest BCUT2D eigenvalue weighted by Crippen LogP contribution is 2.22. The molecule has 1 saturated heterocycles. The first kappa shape index (κ1) is 20.4. The molecule has 1 fully saturated rings. The van der Waals surface area contributed by atoms with Crippen molar-refractivity contribution in [1.29, 1.82) is 0 Å². The fourth-order valence-corrected chi connectivity index (χ4v) is 4.40. The number of nitrogens with one attached hydrogen (secondary N) is 2. The molecule has 8 heteroatoms. The smallest absolute Gasteiger partial charge is 0.270 e. The lowest BCUT2D eigenvalue weighted by Gasteiger charge is -2.21. The number of carbonyl (C=O) groups is 1. The van der Waals surface area contributed by atoms with E-state index in [-0.39, 0.29) is 29.8 Å². The fourth-order valence-electron chi connectivity index (χ4n) is 4.40. The van der Waals surface area contributed by atoms with Gasteiger partial charge in [-0.05, 0) is 54.6 Å². The van der Waals surface area contributed by atoms with Gasteiger partial charge in [-0.2, -0.15) is 0 Å². The maximum atomic E-state index is 12.6. The van der Waals surface area contributed by atoms with Crippen molar-refractivity contribution in [1.82, 2.24) is 24.6 Å². The molecule has 1 aliphatic rings. The Hall–Kier alpha value is -3.49. The average Bonchev–Trinajstić information content (AvgIpc) is 3.43. The largest absolute Gasteiger partial charge is 0.395 e. The highest BCUT2D eigenvalue weighted by atomic mass is 16.3. The molecule has 4 heterocycles. The van der Waals surface area contributed by atoms with Crippen molar-refractivity contribution in [2.24, 2.45) is 0 Å². The second kappa shape index (κ2) is 8.57. The quantitative estimate of drug-likeness (QED) is 0.434. The third-order valence-electron chi connectivity index (χ3n) is 6.08. The number of nitrogens with zero attached hydrogens (tertiary/aromatic N) is 3. The molecule has 0 aliphatic carbocycles. The molecule has 164 valence electrons. The Morgan fingerprint density at radius 3 is 3.00 bits per heavy atom. The molecule has 8 nitrogen and oxygen atoms in total. The van der Waals surface area contributed by atoms with Gasteiger partial charge in [0.15, 0.2) is 0 Å².